The average molecular weight is 350 g/mol. The quantitative estimate of drug-likeness (QED) is 0.528. The van der Waals surface area contributed by atoms with Crippen LogP contribution in [0.15, 0.2) is 39.9 Å². The van der Waals surface area contributed by atoms with E-state index in [1.807, 2.05) is 30.3 Å². The van der Waals surface area contributed by atoms with E-state index in [0.717, 1.165) is 24.8 Å². The summed E-state index contributed by atoms with van der Waals surface area (Å²) >= 11 is 1.54. The van der Waals surface area contributed by atoms with Crippen LogP contribution < -0.4 is 11.1 Å². The van der Waals surface area contributed by atoms with Gasteiger partial charge in [-0.2, -0.15) is 0 Å². The van der Waals surface area contributed by atoms with Gasteiger partial charge in [-0.3, -0.25) is 9.59 Å². The maximum absolute atomic E-state index is 13.3. The van der Waals surface area contributed by atoms with E-state index in [9.17, 15) is 9.59 Å². The molecule has 5 rings (SSSR count). The van der Waals surface area contributed by atoms with Crippen LogP contribution in [0.25, 0.3) is 21.7 Å². The maximum Gasteiger partial charge on any atom is 0.281 e. The van der Waals surface area contributed by atoms with Gasteiger partial charge in [0, 0.05) is 4.88 Å². The Morgan fingerprint density at radius 3 is 2.64 bits per heavy atom. The number of hydrogen-bond donors (Lipinski definition) is 0. The van der Waals surface area contributed by atoms with Crippen LogP contribution in [0.3, 0.4) is 0 Å². The van der Waals surface area contributed by atoms with E-state index in [1.165, 1.54) is 20.8 Å². The standard InChI is InChI=1S/C18H14N4O2S/c1-10-15(23)22-17-14(12-8-5-9-13(12)25-17)16(24)21(18(22)20-19-10)11-6-3-2-4-7-11/h2-4,6-7H,5,8-9H2,1H3. The molecular weight excluding hydrogens is 336 g/mol. The normalized spacial score (nSPS) is 13.6. The second-order valence-corrected chi connectivity index (χ2v) is 7.32. The lowest BCUT2D eigenvalue weighted by molar-refractivity contribution is 0.841. The highest BCUT2D eigenvalue weighted by molar-refractivity contribution is 7.19. The summed E-state index contributed by atoms with van der Waals surface area (Å²) in [5.74, 6) is 0.263. The Kier molecular flexibility index (Phi) is 2.96. The van der Waals surface area contributed by atoms with Crippen molar-refractivity contribution in [2.24, 2.45) is 0 Å². The minimum Gasteiger partial charge on any atom is -0.268 e. The monoisotopic (exact) mass is 350 g/mol. The number of hydrogen-bond acceptors (Lipinski definition) is 5. The van der Waals surface area contributed by atoms with Crippen LogP contribution in [0.5, 0.6) is 0 Å². The fourth-order valence-corrected chi connectivity index (χ4v) is 4.94. The van der Waals surface area contributed by atoms with Crippen molar-refractivity contribution in [2.75, 3.05) is 0 Å². The van der Waals surface area contributed by atoms with Gasteiger partial charge in [0.25, 0.3) is 11.1 Å². The number of thiophene rings is 1. The molecule has 0 bridgehead atoms. The van der Waals surface area contributed by atoms with Crippen molar-refractivity contribution in [3.8, 4) is 5.69 Å². The molecule has 124 valence electrons. The van der Waals surface area contributed by atoms with E-state index in [1.54, 1.807) is 11.3 Å². The Balaban J connectivity index is 2.10. The first-order valence-electron chi connectivity index (χ1n) is 8.17. The largest absolute Gasteiger partial charge is 0.281 e. The number of aromatic nitrogens is 4. The highest BCUT2D eigenvalue weighted by atomic mass is 32.1. The minimum atomic E-state index is -0.223. The molecule has 3 heterocycles. The van der Waals surface area contributed by atoms with Crippen molar-refractivity contribution in [3.63, 3.8) is 0 Å². The molecule has 1 aliphatic carbocycles. The fraction of sp³-hybridized carbons (Fsp3) is 0.222. The summed E-state index contributed by atoms with van der Waals surface area (Å²) in [6.07, 6.45) is 2.91. The van der Waals surface area contributed by atoms with E-state index in [4.69, 9.17) is 0 Å². The Hall–Kier alpha value is -2.80. The number of aryl methyl sites for hydroxylation is 3. The van der Waals surface area contributed by atoms with Crippen molar-refractivity contribution >= 4 is 27.3 Å². The molecule has 1 aromatic carbocycles. The number of nitrogens with zero attached hydrogens (tertiary/aromatic N) is 4. The van der Waals surface area contributed by atoms with Crippen LogP contribution in [0.4, 0.5) is 0 Å². The first-order chi connectivity index (χ1) is 12.2. The first-order valence-corrected chi connectivity index (χ1v) is 8.99. The molecule has 6 nitrogen and oxygen atoms in total. The van der Waals surface area contributed by atoms with Gasteiger partial charge in [0.15, 0.2) is 0 Å². The third-order valence-corrected chi connectivity index (χ3v) is 6.02. The number of benzene rings is 1. The molecule has 0 saturated carbocycles. The lowest BCUT2D eigenvalue weighted by Crippen LogP contribution is -2.29. The third kappa shape index (κ3) is 1.90. The Bertz CT molecular complexity index is 1270. The summed E-state index contributed by atoms with van der Waals surface area (Å²) in [6.45, 7) is 1.65. The predicted octanol–water partition coefficient (Wildman–Crippen LogP) is 2.25. The van der Waals surface area contributed by atoms with Crippen molar-refractivity contribution in [3.05, 3.63) is 67.2 Å². The molecule has 0 N–H and O–H groups in total. The summed E-state index contributed by atoms with van der Waals surface area (Å²) < 4.78 is 3.05. The van der Waals surface area contributed by atoms with Gasteiger partial charge >= 0.3 is 0 Å². The van der Waals surface area contributed by atoms with E-state index >= 15 is 0 Å². The lowest BCUT2D eigenvalue weighted by atomic mass is 10.2. The smallest absolute Gasteiger partial charge is 0.268 e. The molecule has 1 aliphatic rings. The van der Waals surface area contributed by atoms with Crippen molar-refractivity contribution in [1.29, 1.82) is 0 Å². The van der Waals surface area contributed by atoms with E-state index in [0.29, 0.717) is 21.6 Å². The van der Waals surface area contributed by atoms with Gasteiger partial charge in [-0.25, -0.2) is 8.97 Å². The van der Waals surface area contributed by atoms with Gasteiger partial charge in [0.1, 0.15) is 10.5 Å². The van der Waals surface area contributed by atoms with Gasteiger partial charge in [-0.15, -0.1) is 21.5 Å². The van der Waals surface area contributed by atoms with Gasteiger partial charge < -0.3 is 0 Å². The molecule has 0 unspecified atom stereocenters. The Labute approximate surface area is 146 Å². The zero-order chi connectivity index (χ0) is 17.1. The number of fused-ring (bicyclic) bond motifs is 5. The topological polar surface area (TPSA) is 69.3 Å². The molecule has 0 aliphatic heterocycles. The summed E-state index contributed by atoms with van der Waals surface area (Å²) in [5, 5.41) is 8.82. The third-order valence-electron chi connectivity index (χ3n) is 4.74. The van der Waals surface area contributed by atoms with Crippen LogP contribution in [0, 0.1) is 6.92 Å². The van der Waals surface area contributed by atoms with Gasteiger partial charge in [0.05, 0.1) is 11.1 Å². The molecule has 25 heavy (non-hydrogen) atoms. The Morgan fingerprint density at radius 1 is 1.04 bits per heavy atom. The van der Waals surface area contributed by atoms with Gasteiger partial charge in [0.2, 0.25) is 5.78 Å². The van der Waals surface area contributed by atoms with Gasteiger partial charge in [-0.1, -0.05) is 18.2 Å². The van der Waals surface area contributed by atoms with Crippen LogP contribution in [-0.2, 0) is 12.8 Å². The average Bonchev–Trinajstić information content (AvgIpc) is 3.20. The number of rotatable bonds is 1. The molecule has 0 radical (unpaired) electrons. The zero-order valence-electron chi connectivity index (χ0n) is 13.5. The fourth-order valence-electron chi connectivity index (χ4n) is 3.57. The molecule has 4 aromatic rings. The molecule has 0 amide bonds. The molecule has 0 fully saturated rings. The molecule has 0 saturated heterocycles. The van der Waals surface area contributed by atoms with Crippen LogP contribution in [-0.4, -0.2) is 19.2 Å². The number of para-hydroxylation sites is 1. The molecule has 0 spiro atoms. The van der Waals surface area contributed by atoms with Crippen molar-refractivity contribution in [1.82, 2.24) is 19.2 Å². The summed E-state index contributed by atoms with van der Waals surface area (Å²) in [7, 11) is 0. The highest BCUT2D eigenvalue weighted by Gasteiger charge is 2.25. The highest BCUT2D eigenvalue weighted by Crippen LogP contribution is 2.35. The molecule has 7 heteroatoms. The maximum atomic E-state index is 13.3. The Morgan fingerprint density at radius 2 is 1.84 bits per heavy atom. The van der Waals surface area contributed by atoms with Crippen molar-refractivity contribution in [2.45, 2.75) is 26.2 Å². The molecular formula is C18H14N4O2S. The lowest BCUT2D eigenvalue weighted by Gasteiger charge is -2.11. The van der Waals surface area contributed by atoms with Crippen LogP contribution in [0.2, 0.25) is 0 Å². The summed E-state index contributed by atoms with van der Waals surface area (Å²) in [4.78, 5) is 28.1. The first kappa shape index (κ1) is 14.5. The summed E-state index contributed by atoms with van der Waals surface area (Å²) in [5.41, 5.74) is 1.75. The second-order valence-electron chi connectivity index (χ2n) is 6.24. The summed E-state index contributed by atoms with van der Waals surface area (Å²) in [6, 6.07) is 9.29. The minimum absolute atomic E-state index is 0.127. The van der Waals surface area contributed by atoms with E-state index in [-0.39, 0.29) is 16.9 Å². The molecule has 3 aromatic heterocycles. The predicted molar refractivity (Wildman–Crippen MR) is 97.0 cm³/mol. The van der Waals surface area contributed by atoms with Gasteiger partial charge in [-0.05, 0) is 43.9 Å². The van der Waals surface area contributed by atoms with Crippen LogP contribution >= 0.6 is 11.3 Å². The SMILES string of the molecule is Cc1nnc2n(-c3ccccc3)c(=O)c3c4c(sc3n2c1=O)CCC4. The van der Waals surface area contributed by atoms with Crippen molar-refractivity contribution < 1.29 is 0 Å². The van der Waals surface area contributed by atoms with E-state index in [2.05, 4.69) is 10.2 Å². The van der Waals surface area contributed by atoms with Crippen LogP contribution in [0.1, 0.15) is 22.6 Å². The van der Waals surface area contributed by atoms with E-state index < -0.39 is 0 Å². The molecule has 0 atom stereocenters. The zero-order valence-corrected chi connectivity index (χ0v) is 14.3. The second kappa shape index (κ2) is 5.10.